The molecule has 8 rings (SSSR count). The quantitative estimate of drug-likeness (QED) is 0.178. The molecule has 4 aliphatic rings. The maximum Gasteiger partial charge on any atom is 0.240 e. The Morgan fingerprint density at radius 3 is 2.64 bits per heavy atom. The molecule has 1 spiro atoms. The molecule has 1 saturated carbocycles. The number of hydrogen-bond donors (Lipinski definition) is 3. The van der Waals surface area contributed by atoms with Gasteiger partial charge in [-0.1, -0.05) is 22.9 Å². The SMILES string of the molecule is C[C@H](C#N)Nc1cc(Nc2ncc(C#N)cc2Cl)ncc1-n1cc(C2CCC(CCN3CCN(c4ccc5c(c4)OC[C@]54CCC(=O)NC4=O)CC3)CC2)nn1. The van der Waals surface area contributed by atoms with E-state index in [4.69, 9.17) is 21.6 Å². The third-order valence-corrected chi connectivity index (χ3v) is 12.0. The van der Waals surface area contributed by atoms with Crippen LogP contribution < -0.4 is 25.6 Å². The van der Waals surface area contributed by atoms with Gasteiger partial charge in [0.2, 0.25) is 11.8 Å². The molecule has 3 aromatic heterocycles. The zero-order valence-electron chi connectivity index (χ0n) is 31.2. The van der Waals surface area contributed by atoms with Crippen LogP contribution in [0.15, 0.2) is 48.9 Å². The van der Waals surface area contributed by atoms with Gasteiger partial charge in [-0.15, -0.1) is 5.10 Å². The van der Waals surface area contributed by atoms with E-state index in [1.807, 2.05) is 18.3 Å². The van der Waals surface area contributed by atoms with Crippen LogP contribution in [0.25, 0.3) is 5.69 Å². The first-order valence-electron chi connectivity index (χ1n) is 19.2. The number of pyridine rings is 2. The normalized spacial score (nSPS) is 22.8. The highest BCUT2D eigenvalue weighted by Gasteiger charge is 2.50. The van der Waals surface area contributed by atoms with Crippen LogP contribution in [0.3, 0.4) is 0 Å². The molecule has 15 nitrogen and oxygen atoms in total. The van der Waals surface area contributed by atoms with Gasteiger partial charge in [-0.05, 0) is 70.0 Å². The number of aromatic nitrogens is 5. The number of nitrogens with zero attached hydrogens (tertiary/aromatic N) is 9. The Hall–Kier alpha value is -5.77. The standard InChI is InChI=1S/C40H43ClN12O3/c1-25(19-42)46-32-18-36(47-38-31(41)16-27(20-43)21-45-38)44-22-34(32)53-23-33(49-50-53)28-4-2-26(3-5-28)9-11-51-12-14-52(15-13-51)29-6-7-30-35(17-29)56-24-40(30)10-8-37(54)48-39(40)55/h6-7,16-18,21-23,25-26,28H,2-5,8-15,24H2,1H3,(H,48,54,55)(H2,44,45,46,47)/t25-,26?,28?,40-/m1/s1. The zero-order valence-corrected chi connectivity index (χ0v) is 31.9. The number of anilines is 4. The number of piperidine rings is 1. The molecular formula is C40H43ClN12O3. The van der Waals surface area contributed by atoms with Crippen molar-refractivity contribution >= 4 is 46.4 Å². The second-order valence-electron chi connectivity index (χ2n) is 15.2. The minimum atomic E-state index is -0.759. The number of carbonyl (C=O) groups excluding carboxylic acids is 2. The van der Waals surface area contributed by atoms with E-state index in [-0.39, 0.29) is 18.4 Å². The van der Waals surface area contributed by atoms with Crippen molar-refractivity contribution in [3.8, 4) is 23.6 Å². The van der Waals surface area contributed by atoms with E-state index in [9.17, 15) is 14.9 Å². The van der Waals surface area contributed by atoms with Crippen LogP contribution in [0.1, 0.15) is 74.6 Å². The molecule has 3 fully saturated rings. The van der Waals surface area contributed by atoms with Crippen molar-refractivity contribution in [3.05, 3.63) is 70.8 Å². The van der Waals surface area contributed by atoms with Crippen LogP contribution in [0, 0.1) is 28.6 Å². The second-order valence-corrected chi connectivity index (χ2v) is 15.6. The fourth-order valence-electron chi connectivity index (χ4n) is 8.36. The summed E-state index contributed by atoms with van der Waals surface area (Å²) in [5.74, 6) is 2.12. The summed E-state index contributed by atoms with van der Waals surface area (Å²) >= 11 is 6.32. The predicted octanol–water partition coefficient (Wildman–Crippen LogP) is 5.20. The van der Waals surface area contributed by atoms with Crippen molar-refractivity contribution in [3.63, 3.8) is 0 Å². The lowest BCUT2D eigenvalue weighted by molar-refractivity contribution is -0.138. The fourth-order valence-corrected chi connectivity index (χ4v) is 8.57. The Labute approximate surface area is 330 Å². The van der Waals surface area contributed by atoms with Gasteiger partial charge in [0.1, 0.15) is 47.2 Å². The van der Waals surface area contributed by atoms with E-state index in [1.54, 1.807) is 23.9 Å². The maximum atomic E-state index is 12.8. The van der Waals surface area contributed by atoms with Crippen molar-refractivity contribution < 1.29 is 14.3 Å². The topological polar surface area (TPSA) is 190 Å². The van der Waals surface area contributed by atoms with Gasteiger partial charge >= 0.3 is 0 Å². The Balaban J connectivity index is 0.824. The fraction of sp³-hybridized carbons (Fsp3) is 0.450. The molecule has 16 heteroatoms. The first-order valence-corrected chi connectivity index (χ1v) is 19.6. The number of ether oxygens (including phenoxy) is 1. The lowest BCUT2D eigenvalue weighted by atomic mass is 9.75. The molecule has 2 amide bonds. The number of nitriles is 2. The number of nitrogens with one attached hydrogen (secondary N) is 3. The summed E-state index contributed by atoms with van der Waals surface area (Å²) < 4.78 is 7.73. The van der Waals surface area contributed by atoms with Gasteiger partial charge in [-0.25, -0.2) is 14.6 Å². The molecule has 6 heterocycles. The highest BCUT2D eigenvalue weighted by Crippen LogP contribution is 2.45. The van der Waals surface area contributed by atoms with Crippen LogP contribution >= 0.6 is 11.6 Å². The Bertz CT molecular complexity index is 2220. The van der Waals surface area contributed by atoms with Gasteiger partial charge in [0.25, 0.3) is 0 Å². The van der Waals surface area contributed by atoms with Gasteiger partial charge in [-0.2, -0.15) is 10.5 Å². The van der Waals surface area contributed by atoms with Crippen molar-refractivity contribution in [2.24, 2.45) is 5.92 Å². The van der Waals surface area contributed by atoms with Crippen LogP contribution in [0.2, 0.25) is 5.02 Å². The predicted molar refractivity (Wildman–Crippen MR) is 209 cm³/mol. The molecule has 0 unspecified atom stereocenters. The van der Waals surface area contributed by atoms with E-state index < -0.39 is 11.5 Å². The van der Waals surface area contributed by atoms with Gasteiger partial charge in [0.05, 0.1) is 40.4 Å². The van der Waals surface area contributed by atoms with Gasteiger partial charge < -0.3 is 20.3 Å². The first-order chi connectivity index (χ1) is 27.2. The second kappa shape index (κ2) is 15.8. The third kappa shape index (κ3) is 7.57. The lowest BCUT2D eigenvalue weighted by Crippen LogP contribution is -2.52. The highest BCUT2D eigenvalue weighted by molar-refractivity contribution is 6.33. The molecular weight excluding hydrogens is 732 g/mol. The molecule has 1 aromatic carbocycles. The van der Waals surface area contributed by atoms with E-state index in [0.717, 1.165) is 81.1 Å². The molecule has 288 valence electrons. The molecule has 2 atom stereocenters. The largest absolute Gasteiger partial charge is 0.492 e. The summed E-state index contributed by atoms with van der Waals surface area (Å²) in [6.07, 6.45) is 11.5. The maximum absolute atomic E-state index is 12.8. The highest BCUT2D eigenvalue weighted by atomic mass is 35.5. The molecule has 0 radical (unpaired) electrons. The minimum absolute atomic E-state index is 0.215. The molecule has 2 saturated heterocycles. The summed E-state index contributed by atoms with van der Waals surface area (Å²) in [5, 5.41) is 36.8. The van der Waals surface area contributed by atoms with E-state index in [1.165, 1.54) is 18.7 Å². The Morgan fingerprint density at radius 1 is 1.07 bits per heavy atom. The van der Waals surface area contributed by atoms with Crippen LogP contribution in [-0.4, -0.2) is 87.0 Å². The number of imide groups is 1. The molecule has 4 aromatic rings. The van der Waals surface area contributed by atoms with Crippen molar-refractivity contribution in [1.82, 2.24) is 35.2 Å². The first kappa shape index (κ1) is 37.2. The number of benzene rings is 1. The van der Waals surface area contributed by atoms with Crippen LogP contribution in [0.4, 0.5) is 23.0 Å². The number of piperazine rings is 1. The molecule has 1 aliphatic carbocycles. The Morgan fingerprint density at radius 2 is 1.89 bits per heavy atom. The molecule has 0 bridgehead atoms. The number of carbonyl (C=O) groups is 2. The molecule has 3 N–H and O–H groups in total. The number of amides is 2. The summed E-state index contributed by atoms with van der Waals surface area (Å²) in [4.78, 5) is 38.3. The summed E-state index contributed by atoms with van der Waals surface area (Å²) in [6.45, 7) is 7.02. The minimum Gasteiger partial charge on any atom is -0.492 e. The summed E-state index contributed by atoms with van der Waals surface area (Å²) in [5.41, 5.74) is 3.86. The molecule has 56 heavy (non-hydrogen) atoms. The Kier molecular flexibility index (Phi) is 10.5. The monoisotopic (exact) mass is 774 g/mol. The van der Waals surface area contributed by atoms with Crippen molar-refractivity contribution in [2.45, 2.75) is 69.2 Å². The number of rotatable bonds is 10. The molecule has 3 aliphatic heterocycles. The van der Waals surface area contributed by atoms with E-state index in [2.05, 4.69) is 64.2 Å². The average Bonchev–Trinajstić information content (AvgIpc) is 3.86. The third-order valence-electron chi connectivity index (χ3n) is 11.7. The number of hydrogen-bond acceptors (Lipinski definition) is 13. The van der Waals surface area contributed by atoms with Gasteiger partial charge in [-0.3, -0.25) is 19.8 Å². The lowest BCUT2D eigenvalue weighted by Gasteiger charge is -2.37. The van der Waals surface area contributed by atoms with Gasteiger partial charge in [0.15, 0.2) is 0 Å². The van der Waals surface area contributed by atoms with Crippen molar-refractivity contribution in [1.29, 1.82) is 10.5 Å². The van der Waals surface area contributed by atoms with Crippen molar-refractivity contribution in [2.75, 3.05) is 54.9 Å². The van der Waals surface area contributed by atoms with Gasteiger partial charge in [0, 0.05) is 68.1 Å². The van der Waals surface area contributed by atoms with E-state index in [0.29, 0.717) is 58.3 Å². The van der Waals surface area contributed by atoms with Crippen LogP contribution in [0.5, 0.6) is 5.75 Å². The van der Waals surface area contributed by atoms with Crippen LogP contribution in [-0.2, 0) is 15.0 Å². The summed E-state index contributed by atoms with van der Waals surface area (Å²) in [6, 6.07) is 13.2. The van der Waals surface area contributed by atoms with E-state index >= 15 is 0 Å². The average molecular weight is 775 g/mol. The zero-order chi connectivity index (χ0) is 38.8. The smallest absolute Gasteiger partial charge is 0.240 e. The number of halogens is 1. The summed E-state index contributed by atoms with van der Waals surface area (Å²) in [7, 11) is 0. The number of fused-ring (bicyclic) bond motifs is 2.